The van der Waals surface area contributed by atoms with Crippen LogP contribution in [0.4, 0.5) is 0 Å². The number of hydrogen-bond donors (Lipinski definition) is 0. The van der Waals surface area contributed by atoms with E-state index >= 15 is 0 Å². The molecule has 4 aromatic rings. The summed E-state index contributed by atoms with van der Waals surface area (Å²) in [7, 11) is 0. The molecular formula is C27H22Cl2N2O. The van der Waals surface area contributed by atoms with Gasteiger partial charge in [-0.05, 0) is 55.2 Å². The standard InChI is InChI=1S/C27H22Cl2N2O/c28-21-15-14-20(24(29)16-21)18-32-30-25-12-7-13-26-23(25)17-27(19-8-3-1-4-9-19)31(26)22-10-5-2-6-11-22/h1-6,8-11,14-17H,7,12-13,18H2/b30-25-. The van der Waals surface area contributed by atoms with E-state index in [9.17, 15) is 0 Å². The van der Waals surface area contributed by atoms with Crippen molar-refractivity contribution in [1.82, 2.24) is 4.57 Å². The second kappa shape index (κ2) is 9.23. The topological polar surface area (TPSA) is 26.5 Å². The Kier molecular flexibility index (Phi) is 6.02. The second-order valence-corrected chi connectivity index (χ2v) is 8.67. The van der Waals surface area contributed by atoms with E-state index in [1.807, 2.05) is 24.3 Å². The van der Waals surface area contributed by atoms with E-state index in [1.165, 1.54) is 11.3 Å². The number of oxime groups is 1. The molecule has 0 unspecified atom stereocenters. The summed E-state index contributed by atoms with van der Waals surface area (Å²) in [5.41, 5.74) is 7.76. The van der Waals surface area contributed by atoms with Crippen LogP contribution in [-0.2, 0) is 17.9 Å². The van der Waals surface area contributed by atoms with Gasteiger partial charge in [0.1, 0.15) is 6.61 Å². The number of rotatable bonds is 5. The average molecular weight is 461 g/mol. The Hall–Kier alpha value is -3.01. The van der Waals surface area contributed by atoms with Gasteiger partial charge in [-0.3, -0.25) is 0 Å². The number of hydrogen-bond acceptors (Lipinski definition) is 2. The smallest absolute Gasteiger partial charge is 0.143 e. The zero-order valence-corrected chi connectivity index (χ0v) is 19.0. The lowest BCUT2D eigenvalue weighted by Gasteiger charge is -2.18. The first-order chi connectivity index (χ1) is 15.7. The van der Waals surface area contributed by atoms with Gasteiger partial charge in [-0.2, -0.15) is 0 Å². The first-order valence-electron chi connectivity index (χ1n) is 10.7. The highest BCUT2D eigenvalue weighted by Crippen LogP contribution is 2.34. The monoisotopic (exact) mass is 460 g/mol. The third-order valence-corrected chi connectivity index (χ3v) is 6.32. The Bertz CT molecular complexity index is 1260. The Balaban J connectivity index is 1.52. The van der Waals surface area contributed by atoms with Gasteiger partial charge in [0, 0.05) is 32.6 Å². The van der Waals surface area contributed by atoms with E-state index in [0.29, 0.717) is 16.7 Å². The summed E-state index contributed by atoms with van der Waals surface area (Å²) in [6, 6.07) is 28.6. The van der Waals surface area contributed by atoms with Crippen molar-refractivity contribution in [1.29, 1.82) is 0 Å². The van der Waals surface area contributed by atoms with Gasteiger partial charge in [-0.25, -0.2) is 0 Å². The van der Waals surface area contributed by atoms with Crippen LogP contribution in [0.1, 0.15) is 29.7 Å². The van der Waals surface area contributed by atoms with Crippen molar-refractivity contribution >= 4 is 28.9 Å². The third kappa shape index (κ3) is 4.19. The quantitative estimate of drug-likeness (QED) is 0.280. The number of aromatic nitrogens is 1. The molecule has 0 fully saturated rings. The fourth-order valence-electron chi connectivity index (χ4n) is 4.21. The molecule has 3 aromatic carbocycles. The van der Waals surface area contributed by atoms with Gasteiger partial charge in [-0.1, -0.05) is 83.0 Å². The number of nitrogens with zero attached hydrogens (tertiary/aromatic N) is 2. The van der Waals surface area contributed by atoms with Crippen molar-refractivity contribution in [3.8, 4) is 16.9 Å². The summed E-state index contributed by atoms with van der Waals surface area (Å²) in [6.07, 6.45) is 2.91. The normalized spacial score (nSPS) is 14.4. The third-order valence-electron chi connectivity index (χ3n) is 5.73. The second-order valence-electron chi connectivity index (χ2n) is 7.83. The van der Waals surface area contributed by atoms with Gasteiger partial charge in [0.15, 0.2) is 0 Å². The molecule has 0 aliphatic heterocycles. The van der Waals surface area contributed by atoms with Gasteiger partial charge in [-0.15, -0.1) is 0 Å². The molecule has 160 valence electrons. The molecule has 0 bridgehead atoms. The minimum atomic E-state index is 0.305. The van der Waals surface area contributed by atoms with Crippen LogP contribution in [0, 0.1) is 0 Å². The molecule has 0 saturated carbocycles. The van der Waals surface area contributed by atoms with Gasteiger partial charge in [0.05, 0.1) is 11.4 Å². The number of fused-ring (bicyclic) bond motifs is 1. The Morgan fingerprint density at radius 1 is 0.844 bits per heavy atom. The van der Waals surface area contributed by atoms with Crippen LogP contribution in [0.5, 0.6) is 0 Å². The summed E-state index contributed by atoms with van der Waals surface area (Å²) < 4.78 is 2.36. The molecule has 0 amide bonds. The van der Waals surface area contributed by atoms with E-state index in [-0.39, 0.29) is 0 Å². The maximum absolute atomic E-state index is 6.28. The van der Waals surface area contributed by atoms with Gasteiger partial charge in [0.25, 0.3) is 0 Å². The van der Waals surface area contributed by atoms with E-state index in [0.717, 1.165) is 47.5 Å². The molecule has 0 radical (unpaired) electrons. The number of para-hydroxylation sites is 1. The van der Waals surface area contributed by atoms with Crippen LogP contribution in [0.15, 0.2) is 90.1 Å². The molecule has 1 aromatic heterocycles. The summed E-state index contributed by atoms with van der Waals surface area (Å²) in [4.78, 5) is 5.75. The molecule has 0 saturated heterocycles. The van der Waals surface area contributed by atoms with Gasteiger partial charge < -0.3 is 9.40 Å². The maximum atomic E-state index is 6.28. The van der Waals surface area contributed by atoms with Gasteiger partial charge in [0.2, 0.25) is 0 Å². The largest absolute Gasteiger partial charge is 0.391 e. The van der Waals surface area contributed by atoms with Gasteiger partial charge >= 0.3 is 0 Å². The van der Waals surface area contributed by atoms with E-state index < -0.39 is 0 Å². The molecule has 0 atom stereocenters. The van der Waals surface area contributed by atoms with E-state index in [4.69, 9.17) is 28.0 Å². The van der Waals surface area contributed by atoms with Crippen LogP contribution in [0.25, 0.3) is 16.9 Å². The zero-order valence-electron chi connectivity index (χ0n) is 17.5. The van der Waals surface area contributed by atoms with Crippen LogP contribution in [0.3, 0.4) is 0 Å². The highest BCUT2D eigenvalue weighted by molar-refractivity contribution is 6.35. The highest BCUT2D eigenvalue weighted by Gasteiger charge is 2.24. The SMILES string of the molecule is Clc1ccc(CO/N=C2/CCCc3c2cc(-c2ccccc2)n3-c2ccccc2)c(Cl)c1. The average Bonchev–Trinajstić information content (AvgIpc) is 3.22. The number of halogens is 2. The lowest BCUT2D eigenvalue weighted by molar-refractivity contribution is 0.130. The Labute approximate surface area is 197 Å². The lowest BCUT2D eigenvalue weighted by Crippen LogP contribution is -2.14. The molecule has 5 heteroatoms. The molecule has 32 heavy (non-hydrogen) atoms. The highest BCUT2D eigenvalue weighted by atomic mass is 35.5. The zero-order chi connectivity index (χ0) is 21.9. The molecule has 5 rings (SSSR count). The molecule has 1 aliphatic rings. The first kappa shape index (κ1) is 20.9. The van der Waals surface area contributed by atoms with E-state index in [1.54, 1.807) is 6.07 Å². The molecule has 0 N–H and O–H groups in total. The summed E-state index contributed by atoms with van der Waals surface area (Å²) >= 11 is 12.3. The summed E-state index contributed by atoms with van der Waals surface area (Å²) in [5.74, 6) is 0. The van der Waals surface area contributed by atoms with Crippen molar-refractivity contribution in [3.05, 3.63) is 112 Å². The first-order valence-corrected chi connectivity index (χ1v) is 11.4. The van der Waals surface area contributed by atoms with Crippen molar-refractivity contribution < 1.29 is 4.84 Å². The predicted molar refractivity (Wildman–Crippen MR) is 132 cm³/mol. The molecule has 1 heterocycles. The van der Waals surface area contributed by atoms with Crippen molar-refractivity contribution in [3.63, 3.8) is 0 Å². The molecule has 1 aliphatic carbocycles. The Morgan fingerprint density at radius 2 is 1.59 bits per heavy atom. The minimum Gasteiger partial charge on any atom is -0.391 e. The summed E-state index contributed by atoms with van der Waals surface area (Å²) in [5, 5.41) is 5.73. The fraction of sp³-hybridized carbons (Fsp3) is 0.148. The predicted octanol–water partition coefficient (Wildman–Crippen LogP) is 7.71. The molecular weight excluding hydrogens is 439 g/mol. The molecule has 0 spiro atoms. The summed E-state index contributed by atoms with van der Waals surface area (Å²) in [6.45, 7) is 0.305. The van der Waals surface area contributed by atoms with Crippen molar-refractivity contribution in [2.45, 2.75) is 25.9 Å². The van der Waals surface area contributed by atoms with Crippen molar-refractivity contribution in [2.75, 3.05) is 0 Å². The van der Waals surface area contributed by atoms with Crippen LogP contribution >= 0.6 is 23.2 Å². The van der Waals surface area contributed by atoms with Crippen LogP contribution < -0.4 is 0 Å². The van der Waals surface area contributed by atoms with E-state index in [2.05, 4.69) is 64.3 Å². The van der Waals surface area contributed by atoms with Crippen molar-refractivity contribution in [2.24, 2.45) is 5.16 Å². The lowest BCUT2D eigenvalue weighted by atomic mass is 9.95. The minimum absolute atomic E-state index is 0.305. The van der Waals surface area contributed by atoms with Crippen LogP contribution in [0.2, 0.25) is 10.0 Å². The number of benzene rings is 3. The van der Waals surface area contributed by atoms with Crippen LogP contribution in [-0.4, -0.2) is 10.3 Å². The fourth-order valence-corrected chi connectivity index (χ4v) is 4.67. The molecule has 3 nitrogen and oxygen atoms in total. The Morgan fingerprint density at radius 3 is 2.34 bits per heavy atom. The maximum Gasteiger partial charge on any atom is 0.143 e.